The Labute approximate surface area is 200 Å². The van der Waals surface area contributed by atoms with Crippen LogP contribution in [0.5, 0.6) is 0 Å². The van der Waals surface area contributed by atoms with Gasteiger partial charge in [0.25, 0.3) is 6.01 Å². The van der Waals surface area contributed by atoms with E-state index in [9.17, 15) is 9.59 Å². The second-order valence-electron chi connectivity index (χ2n) is 8.15. The first-order valence-electron chi connectivity index (χ1n) is 12.1. The molecule has 0 radical (unpaired) electrons. The Balaban J connectivity index is 1.60. The molecule has 1 aromatic heterocycles. The van der Waals surface area contributed by atoms with Crippen molar-refractivity contribution >= 4 is 18.1 Å². The van der Waals surface area contributed by atoms with Gasteiger partial charge >= 0.3 is 12.1 Å². The molecule has 0 saturated carbocycles. The molecule has 9 nitrogen and oxygen atoms in total. The summed E-state index contributed by atoms with van der Waals surface area (Å²) in [5.41, 5.74) is 1.15. The second-order valence-corrected chi connectivity index (χ2v) is 8.15. The van der Waals surface area contributed by atoms with Crippen LogP contribution in [0.15, 0.2) is 34.7 Å². The number of esters is 1. The number of piperidine rings is 1. The molecule has 2 heterocycles. The Kier molecular flexibility index (Phi) is 9.75. The smallest absolute Gasteiger partial charge is 0.407 e. The number of hydrogen-bond acceptors (Lipinski definition) is 8. The van der Waals surface area contributed by atoms with E-state index < -0.39 is 12.1 Å². The third-order valence-electron chi connectivity index (χ3n) is 5.66. The van der Waals surface area contributed by atoms with Gasteiger partial charge in [0.2, 0.25) is 0 Å². The maximum Gasteiger partial charge on any atom is 0.407 e. The fraction of sp³-hybridized carbons (Fsp3) is 0.560. The third-order valence-corrected chi connectivity index (χ3v) is 5.66. The van der Waals surface area contributed by atoms with Crippen LogP contribution in [0.25, 0.3) is 0 Å². The van der Waals surface area contributed by atoms with Gasteiger partial charge in [-0.05, 0) is 25.3 Å². The zero-order valence-corrected chi connectivity index (χ0v) is 20.2. The number of benzene rings is 1. The third kappa shape index (κ3) is 6.96. The maximum absolute atomic E-state index is 12.5. The van der Waals surface area contributed by atoms with E-state index in [4.69, 9.17) is 18.6 Å². The van der Waals surface area contributed by atoms with E-state index in [1.807, 2.05) is 56.0 Å². The van der Waals surface area contributed by atoms with E-state index in [0.29, 0.717) is 50.9 Å². The molecule has 1 fully saturated rings. The molecule has 0 bridgehead atoms. The predicted octanol–water partition coefficient (Wildman–Crippen LogP) is 4.10. The van der Waals surface area contributed by atoms with Gasteiger partial charge in [0.15, 0.2) is 5.69 Å². The first kappa shape index (κ1) is 25.6. The summed E-state index contributed by atoms with van der Waals surface area (Å²) in [5, 5.41) is 2.93. The number of hydrogen-bond donors (Lipinski definition) is 1. The van der Waals surface area contributed by atoms with E-state index >= 15 is 0 Å². The molecule has 9 heteroatoms. The Bertz CT molecular complexity index is 917. The predicted molar refractivity (Wildman–Crippen MR) is 127 cm³/mol. The average molecular weight is 474 g/mol. The van der Waals surface area contributed by atoms with Crippen molar-refractivity contribution in [1.29, 1.82) is 0 Å². The van der Waals surface area contributed by atoms with Gasteiger partial charge in [-0.25, -0.2) is 9.59 Å². The highest BCUT2D eigenvalue weighted by atomic mass is 16.6. The molecule has 186 valence electrons. The topological polar surface area (TPSA) is 103 Å². The summed E-state index contributed by atoms with van der Waals surface area (Å²) >= 11 is 0. The number of carbonyl (C=O) groups is 2. The molecule has 2 aromatic rings. The summed E-state index contributed by atoms with van der Waals surface area (Å²) in [6.45, 7) is 7.98. The molecule has 0 aliphatic carbocycles. The summed E-state index contributed by atoms with van der Waals surface area (Å²) in [6, 6.07) is 9.70. The summed E-state index contributed by atoms with van der Waals surface area (Å²) in [5.74, 6) is 0.0496. The fourth-order valence-electron chi connectivity index (χ4n) is 3.81. The molecule has 1 aliphatic heterocycles. The Hall–Kier alpha value is -3.07. The zero-order valence-electron chi connectivity index (χ0n) is 20.2. The standard InChI is InChI=1S/C25H35N3O6/c1-4-7-15-32-23(29)22-20(5-2)34-24(27-22)28-14-13-19(21(16-28)31-6-3)26-25(30)33-17-18-11-9-8-10-12-18/h8-12,19,21H,4-7,13-17H2,1-3H3,(H,26,30)/t19-,21+/m1/s1. The molecule has 0 unspecified atom stereocenters. The first-order chi connectivity index (χ1) is 16.5. The number of unbranched alkanes of at least 4 members (excludes halogenated alkanes) is 1. The van der Waals surface area contributed by atoms with Crippen LogP contribution in [0.4, 0.5) is 10.8 Å². The van der Waals surface area contributed by atoms with Crippen LogP contribution in [0.2, 0.25) is 0 Å². The van der Waals surface area contributed by atoms with E-state index in [2.05, 4.69) is 10.3 Å². The molecule has 2 atom stereocenters. The lowest BCUT2D eigenvalue weighted by Crippen LogP contribution is -2.55. The molecule has 1 aromatic carbocycles. The second kappa shape index (κ2) is 13.0. The van der Waals surface area contributed by atoms with E-state index in [1.165, 1.54) is 0 Å². The van der Waals surface area contributed by atoms with Crippen LogP contribution in [0.3, 0.4) is 0 Å². The number of nitrogens with one attached hydrogen (secondary N) is 1. The quantitative estimate of drug-likeness (QED) is 0.384. The van der Waals surface area contributed by atoms with Gasteiger partial charge in [0, 0.05) is 19.6 Å². The monoisotopic (exact) mass is 473 g/mol. The molecular formula is C25H35N3O6. The largest absolute Gasteiger partial charge is 0.461 e. The van der Waals surface area contributed by atoms with Crippen LogP contribution >= 0.6 is 0 Å². The number of amides is 1. The number of carbonyl (C=O) groups excluding carboxylic acids is 2. The number of aryl methyl sites for hydroxylation is 1. The number of oxazole rings is 1. The highest BCUT2D eigenvalue weighted by Crippen LogP contribution is 2.25. The number of anilines is 1. The zero-order chi connectivity index (χ0) is 24.3. The average Bonchev–Trinajstić information content (AvgIpc) is 3.29. The lowest BCUT2D eigenvalue weighted by atomic mass is 10.0. The Morgan fingerprint density at radius 2 is 1.97 bits per heavy atom. The molecule has 34 heavy (non-hydrogen) atoms. The van der Waals surface area contributed by atoms with E-state index in [0.717, 1.165) is 18.4 Å². The number of ether oxygens (including phenoxy) is 3. The van der Waals surface area contributed by atoms with Crippen molar-refractivity contribution in [3.63, 3.8) is 0 Å². The highest BCUT2D eigenvalue weighted by Gasteiger charge is 2.34. The maximum atomic E-state index is 12.5. The van der Waals surface area contributed by atoms with Crippen LogP contribution in [-0.2, 0) is 27.2 Å². The Morgan fingerprint density at radius 3 is 2.68 bits per heavy atom. The van der Waals surface area contributed by atoms with Gasteiger partial charge in [-0.1, -0.05) is 50.6 Å². The minimum absolute atomic E-state index is 0.206. The molecule has 1 amide bonds. The van der Waals surface area contributed by atoms with Gasteiger partial charge in [0.1, 0.15) is 12.4 Å². The minimum Gasteiger partial charge on any atom is -0.461 e. The van der Waals surface area contributed by atoms with Crippen LogP contribution in [0, 0.1) is 0 Å². The van der Waals surface area contributed by atoms with Gasteiger partial charge in [0.05, 0.1) is 25.3 Å². The lowest BCUT2D eigenvalue weighted by molar-refractivity contribution is 0.0252. The summed E-state index contributed by atoms with van der Waals surface area (Å²) < 4.78 is 22.5. The fourth-order valence-corrected chi connectivity index (χ4v) is 3.81. The van der Waals surface area contributed by atoms with Crippen molar-refractivity contribution in [3.05, 3.63) is 47.3 Å². The van der Waals surface area contributed by atoms with Gasteiger partial charge in [-0.3, -0.25) is 0 Å². The first-order valence-corrected chi connectivity index (χ1v) is 12.1. The number of nitrogens with zero attached hydrogens (tertiary/aromatic N) is 2. The molecule has 1 N–H and O–H groups in total. The molecule has 0 spiro atoms. The van der Waals surface area contributed by atoms with Crippen molar-refractivity contribution in [3.8, 4) is 0 Å². The minimum atomic E-state index is -0.478. The van der Waals surface area contributed by atoms with Crippen molar-refractivity contribution in [2.24, 2.45) is 0 Å². The molecular weight excluding hydrogens is 438 g/mol. The summed E-state index contributed by atoms with van der Waals surface area (Å²) in [6.07, 6.45) is 2.15. The van der Waals surface area contributed by atoms with Gasteiger partial charge < -0.3 is 28.8 Å². The number of aromatic nitrogens is 1. The van der Waals surface area contributed by atoms with Gasteiger partial charge in [-0.2, -0.15) is 4.98 Å². The Morgan fingerprint density at radius 1 is 1.18 bits per heavy atom. The van der Waals surface area contributed by atoms with Gasteiger partial charge in [-0.15, -0.1) is 0 Å². The van der Waals surface area contributed by atoms with Crippen molar-refractivity contribution in [2.45, 2.75) is 65.2 Å². The normalized spacial score (nSPS) is 17.9. The highest BCUT2D eigenvalue weighted by molar-refractivity contribution is 5.88. The van der Waals surface area contributed by atoms with Crippen molar-refractivity contribution in [1.82, 2.24) is 10.3 Å². The molecule has 3 rings (SSSR count). The summed E-state index contributed by atoms with van der Waals surface area (Å²) in [7, 11) is 0. The molecule has 1 aliphatic rings. The van der Waals surface area contributed by atoms with Crippen LogP contribution in [0.1, 0.15) is 61.8 Å². The van der Waals surface area contributed by atoms with Crippen molar-refractivity contribution < 1.29 is 28.2 Å². The number of alkyl carbamates (subject to hydrolysis) is 1. The van der Waals surface area contributed by atoms with Crippen LogP contribution in [-0.4, -0.2) is 55.5 Å². The van der Waals surface area contributed by atoms with Crippen molar-refractivity contribution in [2.75, 3.05) is 31.2 Å². The number of rotatable bonds is 11. The van der Waals surface area contributed by atoms with Crippen LogP contribution < -0.4 is 10.2 Å². The van der Waals surface area contributed by atoms with E-state index in [1.54, 1.807) is 0 Å². The van der Waals surface area contributed by atoms with E-state index in [-0.39, 0.29) is 24.4 Å². The lowest BCUT2D eigenvalue weighted by Gasteiger charge is -2.37. The molecule has 1 saturated heterocycles. The summed E-state index contributed by atoms with van der Waals surface area (Å²) in [4.78, 5) is 31.2. The SMILES string of the molecule is CCCCOC(=O)c1nc(N2CC[C@@H](NC(=O)OCc3ccccc3)[C@@H](OCC)C2)oc1CC.